The second-order valence-corrected chi connectivity index (χ2v) is 27.2. The van der Waals surface area contributed by atoms with E-state index < -0.39 is 26.6 Å². The fourth-order valence-electron chi connectivity index (χ4n) is 3.33. The van der Waals surface area contributed by atoms with Crippen LogP contribution in [0.4, 0.5) is 0 Å². The predicted molar refractivity (Wildman–Crippen MR) is 131 cm³/mol. The molecule has 0 saturated carbocycles. The van der Waals surface area contributed by atoms with Crippen molar-refractivity contribution >= 4 is 26.6 Å². The molecule has 1 N–H and O–H groups in total. The zero-order chi connectivity index (χ0) is 21.8. The van der Waals surface area contributed by atoms with Crippen LogP contribution < -0.4 is 0 Å². The molecule has 0 radical (unpaired) electrons. The summed E-state index contributed by atoms with van der Waals surface area (Å²) in [6.45, 7) is 2.95. The molecule has 0 spiro atoms. The van der Waals surface area contributed by atoms with E-state index in [1.807, 2.05) is 0 Å². The molecular weight excluding hydrogens is 493 g/mol. The number of rotatable bonds is 22. The van der Waals surface area contributed by atoms with Crippen LogP contribution in [0.25, 0.3) is 0 Å². The molecule has 0 aromatic heterocycles. The van der Waals surface area contributed by atoms with Gasteiger partial charge in [-0.3, -0.25) is 0 Å². The summed E-state index contributed by atoms with van der Waals surface area (Å²) in [5, 5.41) is 0. The Balaban J connectivity index is 3.28. The number of hydrogen-bond acceptors (Lipinski definition) is 3. The Morgan fingerprint density at radius 1 is 0.621 bits per heavy atom. The third-order valence-electron chi connectivity index (χ3n) is 5.36. The van der Waals surface area contributed by atoms with Gasteiger partial charge in [0.1, 0.15) is 0 Å². The number of phosphoric acid groups is 1. The molecule has 4 nitrogen and oxygen atoms in total. The van der Waals surface area contributed by atoms with E-state index in [-0.39, 0.29) is 0 Å². The van der Waals surface area contributed by atoms with Crippen molar-refractivity contribution in [1.82, 2.24) is 0 Å². The van der Waals surface area contributed by atoms with Gasteiger partial charge >= 0.3 is 116 Å². The van der Waals surface area contributed by atoms with Crippen LogP contribution in [0, 0.1) is 0 Å². The van der Waals surface area contributed by atoms with E-state index in [2.05, 4.69) is 21.5 Å². The molecule has 0 aromatic rings. The van der Waals surface area contributed by atoms with Gasteiger partial charge in [-0.05, 0) is 0 Å². The standard InChI is InChI=1S/C20H42O4P.3CH3.Sb.H/c1-3-5-6-7-8-9-10-11-12-13-14-15-16-17-18-19-20-24-25(21,22)23-4-2;;;;;/h2-20H2,1H3,(H,21,22);3*1H3;;. The van der Waals surface area contributed by atoms with Crippen molar-refractivity contribution in [2.24, 2.45) is 0 Å². The fraction of sp³-hybridized carbons (Fsp3) is 1.00. The van der Waals surface area contributed by atoms with Crippen molar-refractivity contribution in [1.29, 1.82) is 0 Å². The van der Waals surface area contributed by atoms with E-state index in [0.717, 1.165) is 17.2 Å². The Labute approximate surface area is 186 Å². The van der Waals surface area contributed by atoms with Crippen molar-refractivity contribution in [2.75, 3.05) is 13.2 Å². The monoisotopic (exact) mass is 544 g/mol. The zero-order valence-corrected chi connectivity index (χ0v) is 23.8. The molecule has 0 bridgehead atoms. The summed E-state index contributed by atoms with van der Waals surface area (Å²) < 4.78 is 22.9. The SMILES string of the molecule is CCCCCCCCCCCCCCCCCCOP(=O)(O)OC[CH2][SbH]([CH3])([CH3])[CH3]. The van der Waals surface area contributed by atoms with Crippen LogP contribution in [0.3, 0.4) is 0 Å². The van der Waals surface area contributed by atoms with Crippen LogP contribution >= 0.6 is 7.82 Å². The molecule has 0 aliphatic heterocycles. The number of phosphoric ester groups is 1. The molecule has 0 amide bonds. The van der Waals surface area contributed by atoms with Crippen molar-refractivity contribution in [3.63, 3.8) is 0 Å². The molecule has 0 rings (SSSR count). The molecule has 1 unspecified atom stereocenters. The Bertz CT molecular complexity index is 399. The summed E-state index contributed by atoms with van der Waals surface area (Å²) in [4.78, 5) is 16.5. The van der Waals surface area contributed by atoms with Gasteiger partial charge in [-0.2, -0.15) is 0 Å². The van der Waals surface area contributed by atoms with Gasteiger partial charge in [0.05, 0.1) is 0 Å². The van der Waals surface area contributed by atoms with E-state index in [0.29, 0.717) is 13.2 Å². The number of hydrogen-bond donors (Lipinski definition) is 1. The summed E-state index contributed by atoms with van der Waals surface area (Å²) in [5.74, 6) is 0. The van der Waals surface area contributed by atoms with Crippen LogP contribution in [0.2, 0.25) is 19.0 Å². The second kappa shape index (κ2) is 19.6. The van der Waals surface area contributed by atoms with Gasteiger partial charge in [0.25, 0.3) is 0 Å². The van der Waals surface area contributed by atoms with Crippen molar-refractivity contribution in [3.8, 4) is 0 Å². The molecule has 0 heterocycles. The molecule has 29 heavy (non-hydrogen) atoms. The Kier molecular flexibility index (Phi) is 20.2. The minimum absolute atomic E-state index is 0.324. The first-order valence-corrected chi connectivity index (χ1v) is 24.5. The average molecular weight is 545 g/mol. The normalized spacial score (nSPS) is 14.8. The maximum atomic E-state index is 11.8. The van der Waals surface area contributed by atoms with Crippen molar-refractivity contribution in [2.45, 2.75) is 129 Å². The summed E-state index contributed by atoms with van der Waals surface area (Å²) in [7, 11) is -3.83. The van der Waals surface area contributed by atoms with Gasteiger partial charge in [0.2, 0.25) is 0 Å². The van der Waals surface area contributed by atoms with E-state index >= 15 is 0 Å². The Morgan fingerprint density at radius 3 is 1.34 bits per heavy atom. The van der Waals surface area contributed by atoms with Crippen LogP contribution in [-0.4, -0.2) is 36.9 Å². The van der Waals surface area contributed by atoms with Gasteiger partial charge in [-0.15, -0.1) is 0 Å². The molecule has 0 saturated heterocycles. The van der Waals surface area contributed by atoms with E-state index in [1.54, 1.807) is 0 Å². The number of unbranched alkanes of at least 4 members (excludes halogenated alkanes) is 15. The molecule has 6 heteroatoms. The van der Waals surface area contributed by atoms with Crippen LogP contribution in [0.1, 0.15) is 110 Å². The van der Waals surface area contributed by atoms with Gasteiger partial charge in [-0.1, -0.05) is 71.1 Å². The van der Waals surface area contributed by atoms with E-state index in [9.17, 15) is 9.46 Å². The fourth-order valence-corrected chi connectivity index (χ4v) is 6.62. The van der Waals surface area contributed by atoms with Gasteiger partial charge < -0.3 is 0 Å². The summed E-state index contributed by atoms with van der Waals surface area (Å²) in [6.07, 6.45) is 21.1. The zero-order valence-electron chi connectivity index (χ0n) is 20.1. The minimum atomic E-state index is -3.83. The third-order valence-corrected chi connectivity index (χ3v) is 11.2. The van der Waals surface area contributed by atoms with Gasteiger partial charge in [0.15, 0.2) is 0 Å². The van der Waals surface area contributed by atoms with E-state index in [4.69, 9.17) is 9.05 Å². The molecule has 0 aliphatic carbocycles. The first-order chi connectivity index (χ1) is 13.8. The maximum absolute atomic E-state index is 11.8. The molecule has 0 aromatic carbocycles. The predicted octanol–water partition coefficient (Wildman–Crippen LogP) is 8.45. The molecule has 0 aliphatic rings. The van der Waals surface area contributed by atoms with Crippen LogP contribution in [0.5, 0.6) is 0 Å². The first kappa shape index (κ1) is 29.9. The molecule has 0 fully saturated rings. The topological polar surface area (TPSA) is 55.8 Å². The Hall–Kier alpha value is 0.928. The molecule has 1 atom stereocenters. The molecular formula is C23H52O4PSb. The second-order valence-electron chi connectivity index (χ2n) is 9.75. The summed E-state index contributed by atoms with van der Waals surface area (Å²) in [5.41, 5.74) is 0. The average Bonchev–Trinajstić information content (AvgIpc) is 2.63. The Morgan fingerprint density at radius 2 is 0.966 bits per heavy atom. The summed E-state index contributed by atoms with van der Waals surface area (Å²) >= 11 is -1.93. The summed E-state index contributed by atoms with van der Waals surface area (Å²) in [6, 6.07) is 0. The van der Waals surface area contributed by atoms with Gasteiger partial charge in [0, 0.05) is 0 Å². The van der Waals surface area contributed by atoms with Crippen molar-refractivity contribution in [3.05, 3.63) is 0 Å². The first-order valence-electron chi connectivity index (χ1n) is 12.4. The van der Waals surface area contributed by atoms with Gasteiger partial charge in [-0.25, -0.2) is 0 Å². The quantitative estimate of drug-likeness (QED) is 0.0843. The van der Waals surface area contributed by atoms with E-state index in [1.165, 1.54) is 89.9 Å². The van der Waals surface area contributed by atoms with Crippen LogP contribution in [0.15, 0.2) is 0 Å². The van der Waals surface area contributed by atoms with Crippen molar-refractivity contribution < 1.29 is 18.5 Å². The van der Waals surface area contributed by atoms with Crippen LogP contribution in [-0.2, 0) is 13.6 Å². The molecule has 178 valence electrons. The third kappa shape index (κ3) is 25.1.